The second-order valence-electron chi connectivity index (χ2n) is 3.98. The van der Waals surface area contributed by atoms with E-state index in [-0.39, 0.29) is 12.3 Å². The summed E-state index contributed by atoms with van der Waals surface area (Å²) in [5.74, 6) is 0.321. The summed E-state index contributed by atoms with van der Waals surface area (Å²) in [5, 5.41) is 11.5. The average Bonchev–Trinajstić information content (AvgIpc) is 2.39. The molecule has 0 fully saturated rings. The van der Waals surface area contributed by atoms with Crippen molar-refractivity contribution in [2.45, 2.75) is 6.61 Å². The van der Waals surface area contributed by atoms with E-state index in [1.54, 1.807) is 18.2 Å². The number of para-hydroxylation sites is 1. The maximum Gasteiger partial charge on any atom is 0.269 e. The Bertz CT molecular complexity index is 642. The normalized spacial score (nSPS) is 10.3. The molecule has 0 heterocycles. The van der Waals surface area contributed by atoms with Crippen LogP contribution in [0.3, 0.4) is 0 Å². The van der Waals surface area contributed by atoms with Gasteiger partial charge in [0, 0.05) is 23.4 Å². The average molecular weight is 313 g/mol. The predicted molar refractivity (Wildman–Crippen MR) is 78.3 cm³/mol. The third-order valence-corrected chi connectivity index (χ3v) is 3.22. The molecule has 5 nitrogen and oxygen atoms in total. The van der Waals surface area contributed by atoms with Gasteiger partial charge in [-0.25, -0.2) is 0 Å². The highest BCUT2D eigenvalue weighted by Gasteiger charge is 2.12. The van der Waals surface area contributed by atoms with Gasteiger partial charge in [-0.1, -0.05) is 29.3 Å². The monoisotopic (exact) mass is 312 g/mol. The number of hydrogen-bond acceptors (Lipinski definition) is 4. The van der Waals surface area contributed by atoms with Crippen LogP contribution in [0.2, 0.25) is 10.0 Å². The number of hydrogen-bond donors (Lipinski definition) is 1. The summed E-state index contributed by atoms with van der Waals surface area (Å²) in [6.45, 7) is 0.0387. The molecular formula is C13H10Cl2N2O3. The van der Waals surface area contributed by atoms with Crippen LogP contribution in [0.1, 0.15) is 5.56 Å². The van der Waals surface area contributed by atoms with Crippen molar-refractivity contribution in [3.05, 3.63) is 62.1 Å². The summed E-state index contributed by atoms with van der Waals surface area (Å²) < 4.78 is 5.50. The highest BCUT2D eigenvalue weighted by molar-refractivity contribution is 6.37. The standard InChI is InChI=1S/C13H10Cl2N2O3/c14-10-2-1-3-11(15)13(10)20-7-8-6-9(17(18)19)4-5-12(8)16/h1-6H,7,16H2. The van der Waals surface area contributed by atoms with Crippen molar-refractivity contribution in [3.63, 3.8) is 0 Å². The van der Waals surface area contributed by atoms with Gasteiger partial charge in [-0.3, -0.25) is 10.1 Å². The number of benzene rings is 2. The van der Waals surface area contributed by atoms with Gasteiger partial charge in [-0.15, -0.1) is 0 Å². The first-order valence-corrected chi connectivity index (χ1v) is 6.34. The number of nitrogens with two attached hydrogens (primary N) is 1. The molecule has 0 amide bonds. The van der Waals surface area contributed by atoms with Crippen LogP contribution in [-0.4, -0.2) is 4.92 Å². The second kappa shape index (κ2) is 5.98. The summed E-state index contributed by atoms with van der Waals surface area (Å²) in [6.07, 6.45) is 0. The molecule has 0 aliphatic carbocycles. The van der Waals surface area contributed by atoms with Crippen molar-refractivity contribution in [2.24, 2.45) is 0 Å². The van der Waals surface area contributed by atoms with Gasteiger partial charge < -0.3 is 10.5 Å². The van der Waals surface area contributed by atoms with Crippen LogP contribution in [0.25, 0.3) is 0 Å². The molecular weight excluding hydrogens is 303 g/mol. The number of nitro groups is 1. The van der Waals surface area contributed by atoms with Crippen molar-refractivity contribution in [2.75, 3.05) is 5.73 Å². The molecule has 2 N–H and O–H groups in total. The lowest BCUT2D eigenvalue weighted by Crippen LogP contribution is -2.02. The van der Waals surface area contributed by atoms with Crippen molar-refractivity contribution in [1.82, 2.24) is 0 Å². The highest BCUT2D eigenvalue weighted by Crippen LogP contribution is 2.33. The Hall–Kier alpha value is -1.98. The quantitative estimate of drug-likeness (QED) is 0.524. The van der Waals surface area contributed by atoms with Crippen LogP contribution in [0.4, 0.5) is 11.4 Å². The molecule has 0 atom stereocenters. The van der Waals surface area contributed by atoms with E-state index in [0.717, 1.165) is 0 Å². The first kappa shape index (κ1) is 14.4. The Morgan fingerprint density at radius 1 is 1.20 bits per heavy atom. The van der Waals surface area contributed by atoms with E-state index in [1.807, 2.05) is 0 Å². The topological polar surface area (TPSA) is 78.4 Å². The van der Waals surface area contributed by atoms with Crippen molar-refractivity contribution in [3.8, 4) is 5.75 Å². The molecule has 2 aromatic rings. The van der Waals surface area contributed by atoms with Gasteiger partial charge in [0.25, 0.3) is 5.69 Å². The zero-order chi connectivity index (χ0) is 14.7. The van der Waals surface area contributed by atoms with Crippen LogP contribution in [0.15, 0.2) is 36.4 Å². The Morgan fingerprint density at radius 3 is 2.45 bits per heavy atom. The van der Waals surface area contributed by atoms with E-state index < -0.39 is 4.92 Å². The molecule has 0 unspecified atom stereocenters. The first-order valence-electron chi connectivity index (χ1n) is 5.58. The van der Waals surface area contributed by atoms with E-state index in [0.29, 0.717) is 27.0 Å². The largest absolute Gasteiger partial charge is 0.486 e. The number of nitro benzene ring substituents is 1. The summed E-state index contributed by atoms with van der Waals surface area (Å²) in [5.41, 5.74) is 6.61. The molecule has 7 heteroatoms. The maximum atomic E-state index is 10.7. The van der Waals surface area contributed by atoms with Crippen molar-refractivity contribution in [1.29, 1.82) is 0 Å². The van der Waals surface area contributed by atoms with Gasteiger partial charge in [0.05, 0.1) is 15.0 Å². The predicted octanol–water partition coefficient (Wildman–Crippen LogP) is 4.06. The number of halogens is 2. The van der Waals surface area contributed by atoms with Crippen LogP contribution < -0.4 is 10.5 Å². The zero-order valence-corrected chi connectivity index (χ0v) is 11.7. The molecule has 0 radical (unpaired) electrons. The third-order valence-electron chi connectivity index (χ3n) is 2.63. The van der Waals surface area contributed by atoms with E-state index >= 15 is 0 Å². The third kappa shape index (κ3) is 3.12. The number of ether oxygens (including phenoxy) is 1. The SMILES string of the molecule is Nc1ccc([N+](=O)[O-])cc1COc1c(Cl)cccc1Cl. The number of nitrogens with zero attached hydrogens (tertiary/aromatic N) is 1. The van der Waals surface area contributed by atoms with E-state index in [9.17, 15) is 10.1 Å². The minimum atomic E-state index is -0.495. The second-order valence-corrected chi connectivity index (χ2v) is 4.79. The minimum absolute atomic E-state index is 0.0387. The smallest absolute Gasteiger partial charge is 0.269 e. The molecule has 0 aromatic heterocycles. The molecule has 2 aromatic carbocycles. The van der Waals surface area contributed by atoms with E-state index in [4.69, 9.17) is 33.7 Å². The number of non-ortho nitro benzene ring substituents is 1. The molecule has 104 valence electrons. The maximum absolute atomic E-state index is 10.7. The molecule has 0 spiro atoms. The summed E-state index contributed by atoms with van der Waals surface area (Å²) in [7, 11) is 0. The fraction of sp³-hybridized carbons (Fsp3) is 0.0769. The van der Waals surface area contributed by atoms with Crippen LogP contribution in [0, 0.1) is 10.1 Å². The van der Waals surface area contributed by atoms with Crippen LogP contribution in [0.5, 0.6) is 5.75 Å². The van der Waals surface area contributed by atoms with E-state index in [2.05, 4.69) is 0 Å². The Kier molecular flexibility index (Phi) is 4.32. The lowest BCUT2D eigenvalue weighted by Gasteiger charge is -2.11. The zero-order valence-electron chi connectivity index (χ0n) is 10.2. The van der Waals surface area contributed by atoms with Crippen molar-refractivity contribution < 1.29 is 9.66 Å². The van der Waals surface area contributed by atoms with Gasteiger partial charge in [-0.2, -0.15) is 0 Å². The number of anilines is 1. The number of rotatable bonds is 4. The molecule has 0 aliphatic rings. The van der Waals surface area contributed by atoms with Gasteiger partial charge in [0.2, 0.25) is 0 Å². The lowest BCUT2D eigenvalue weighted by atomic mass is 10.1. The Labute approximate surface area is 125 Å². The summed E-state index contributed by atoms with van der Waals surface area (Å²) >= 11 is 11.9. The first-order chi connectivity index (χ1) is 9.49. The molecule has 0 saturated carbocycles. The molecule has 0 bridgehead atoms. The van der Waals surface area contributed by atoms with Crippen LogP contribution >= 0.6 is 23.2 Å². The van der Waals surface area contributed by atoms with E-state index in [1.165, 1.54) is 18.2 Å². The fourth-order valence-corrected chi connectivity index (χ4v) is 2.11. The Balaban J connectivity index is 2.23. The molecule has 20 heavy (non-hydrogen) atoms. The van der Waals surface area contributed by atoms with Gasteiger partial charge in [0.1, 0.15) is 6.61 Å². The Morgan fingerprint density at radius 2 is 1.85 bits per heavy atom. The lowest BCUT2D eigenvalue weighted by molar-refractivity contribution is -0.384. The number of nitrogen functional groups attached to an aromatic ring is 1. The van der Waals surface area contributed by atoms with Gasteiger partial charge in [-0.05, 0) is 18.2 Å². The minimum Gasteiger partial charge on any atom is -0.486 e. The molecule has 0 saturated heterocycles. The van der Waals surface area contributed by atoms with Gasteiger partial charge in [0.15, 0.2) is 5.75 Å². The molecule has 0 aliphatic heterocycles. The molecule has 2 rings (SSSR count). The summed E-state index contributed by atoms with van der Waals surface area (Å²) in [4.78, 5) is 10.2. The van der Waals surface area contributed by atoms with Crippen molar-refractivity contribution >= 4 is 34.6 Å². The summed E-state index contributed by atoms with van der Waals surface area (Å²) in [6, 6.07) is 9.13. The highest BCUT2D eigenvalue weighted by atomic mass is 35.5. The van der Waals surface area contributed by atoms with Crippen LogP contribution in [-0.2, 0) is 6.61 Å². The fourth-order valence-electron chi connectivity index (χ4n) is 1.60. The van der Waals surface area contributed by atoms with Gasteiger partial charge >= 0.3 is 0 Å².